The van der Waals surface area contributed by atoms with Gasteiger partial charge in [-0.15, -0.1) is 0 Å². The molecule has 0 aromatic carbocycles. The summed E-state index contributed by atoms with van der Waals surface area (Å²) in [4.78, 5) is 14.5. The van der Waals surface area contributed by atoms with Crippen LogP contribution in [0.3, 0.4) is 0 Å². The van der Waals surface area contributed by atoms with Gasteiger partial charge in [0, 0.05) is 32.3 Å². The summed E-state index contributed by atoms with van der Waals surface area (Å²) in [6, 6.07) is 0.700. The van der Waals surface area contributed by atoms with Gasteiger partial charge >= 0.3 is 5.97 Å². The van der Waals surface area contributed by atoms with Gasteiger partial charge < -0.3 is 9.47 Å². The molecule has 0 rings (SSSR count). The minimum absolute atomic E-state index is 0.202. The van der Waals surface area contributed by atoms with Crippen molar-refractivity contribution in [3.63, 3.8) is 0 Å². The van der Waals surface area contributed by atoms with Crippen molar-refractivity contribution in [2.24, 2.45) is 0 Å². The van der Waals surface area contributed by atoms with Crippen LogP contribution in [0.15, 0.2) is 0 Å². The Labute approximate surface area is 130 Å². The van der Waals surface area contributed by atoms with E-state index in [1.165, 1.54) is 7.11 Å². The fourth-order valence-corrected chi connectivity index (χ4v) is 2.48. The molecular weight excluding hydrogens is 268 g/mol. The molecule has 0 fully saturated rings. The third kappa shape index (κ3) is 7.25. The summed E-state index contributed by atoms with van der Waals surface area (Å²) in [6.07, 6.45) is 1.79. The van der Waals surface area contributed by atoms with Gasteiger partial charge in [-0.05, 0) is 40.5 Å². The van der Waals surface area contributed by atoms with Crippen LogP contribution in [0.4, 0.5) is 0 Å². The van der Waals surface area contributed by atoms with Crippen LogP contribution in [0, 0.1) is 0 Å². The maximum absolute atomic E-state index is 12.1. The molecule has 0 aliphatic rings. The number of nitrogens with zero attached hydrogens (tertiary/aromatic N) is 1. The predicted molar refractivity (Wildman–Crippen MR) is 86.5 cm³/mol. The first-order valence-corrected chi connectivity index (χ1v) is 7.89. The summed E-state index contributed by atoms with van der Waals surface area (Å²) in [7, 11) is 3.16. The van der Waals surface area contributed by atoms with Gasteiger partial charge in [0.25, 0.3) is 0 Å². The Balaban J connectivity index is 4.77. The van der Waals surface area contributed by atoms with E-state index in [1.54, 1.807) is 7.11 Å². The molecule has 0 saturated heterocycles. The molecule has 126 valence electrons. The first-order chi connectivity index (χ1) is 9.80. The molecule has 5 nitrogen and oxygen atoms in total. The normalized spacial score (nSPS) is 16.0. The van der Waals surface area contributed by atoms with Crippen LogP contribution in [0.25, 0.3) is 0 Å². The number of hydrogen-bond acceptors (Lipinski definition) is 5. The Morgan fingerprint density at radius 2 is 1.86 bits per heavy atom. The molecule has 0 heterocycles. The van der Waals surface area contributed by atoms with Crippen LogP contribution >= 0.6 is 0 Å². The molecular formula is C16H34N2O3. The van der Waals surface area contributed by atoms with E-state index in [0.29, 0.717) is 19.1 Å². The van der Waals surface area contributed by atoms with Gasteiger partial charge in [-0.25, -0.2) is 0 Å². The van der Waals surface area contributed by atoms with Crippen molar-refractivity contribution in [3.8, 4) is 0 Å². The number of carbonyl (C=O) groups is 1. The van der Waals surface area contributed by atoms with Crippen molar-refractivity contribution in [1.29, 1.82) is 0 Å². The molecule has 1 N–H and O–H groups in total. The van der Waals surface area contributed by atoms with E-state index in [2.05, 4.69) is 24.1 Å². The molecule has 5 heteroatoms. The molecule has 0 amide bonds. The zero-order chi connectivity index (χ0) is 16.5. The Morgan fingerprint density at radius 3 is 2.29 bits per heavy atom. The Kier molecular flexibility index (Phi) is 9.83. The molecule has 21 heavy (non-hydrogen) atoms. The predicted octanol–water partition coefficient (Wildman–Crippen LogP) is 2.05. The second-order valence-electron chi connectivity index (χ2n) is 6.16. The number of methoxy groups -OCH3 is 2. The van der Waals surface area contributed by atoms with Crippen molar-refractivity contribution in [2.75, 3.05) is 33.9 Å². The maximum atomic E-state index is 12.1. The average molecular weight is 302 g/mol. The van der Waals surface area contributed by atoms with Crippen molar-refractivity contribution in [3.05, 3.63) is 0 Å². The monoisotopic (exact) mass is 302 g/mol. The van der Waals surface area contributed by atoms with E-state index in [4.69, 9.17) is 9.47 Å². The van der Waals surface area contributed by atoms with E-state index in [-0.39, 0.29) is 12.0 Å². The van der Waals surface area contributed by atoms with E-state index < -0.39 is 5.54 Å². The minimum Gasteiger partial charge on any atom is -0.468 e. The standard InChI is InChI=1S/C16H34N2O3/c1-8-14(4)18(11-12-20-6)10-9-16(5,15(19)21-7)17-13(2)3/h13-14,17H,8-12H2,1-7H3. The molecule has 0 radical (unpaired) electrons. The highest BCUT2D eigenvalue weighted by Crippen LogP contribution is 2.16. The molecule has 0 aromatic rings. The molecule has 2 atom stereocenters. The van der Waals surface area contributed by atoms with Gasteiger partial charge in [-0.3, -0.25) is 15.0 Å². The summed E-state index contributed by atoms with van der Waals surface area (Å²) in [5.74, 6) is -0.202. The number of nitrogens with one attached hydrogen (secondary N) is 1. The quantitative estimate of drug-likeness (QED) is 0.592. The molecule has 0 aromatic heterocycles. The largest absolute Gasteiger partial charge is 0.468 e. The molecule has 2 unspecified atom stereocenters. The summed E-state index contributed by atoms with van der Waals surface area (Å²) in [5.41, 5.74) is -0.651. The lowest BCUT2D eigenvalue weighted by atomic mass is 9.96. The third-order valence-corrected chi connectivity index (χ3v) is 3.94. The van der Waals surface area contributed by atoms with Gasteiger partial charge in [-0.1, -0.05) is 6.92 Å². The number of ether oxygens (including phenoxy) is 2. The number of carbonyl (C=O) groups excluding carboxylic acids is 1. The SMILES string of the molecule is CCC(C)N(CCOC)CCC(C)(NC(C)C)C(=O)OC. The molecule has 0 saturated carbocycles. The Hall–Kier alpha value is -0.650. The highest BCUT2D eigenvalue weighted by atomic mass is 16.5. The second-order valence-corrected chi connectivity index (χ2v) is 6.16. The van der Waals surface area contributed by atoms with Crippen molar-refractivity contribution in [2.45, 2.75) is 65.1 Å². The highest BCUT2D eigenvalue weighted by molar-refractivity contribution is 5.80. The lowest BCUT2D eigenvalue weighted by Gasteiger charge is -2.34. The van der Waals surface area contributed by atoms with E-state index in [0.717, 1.165) is 19.5 Å². The average Bonchev–Trinajstić information content (AvgIpc) is 2.44. The van der Waals surface area contributed by atoms with Crippen LogP contribution < -0.4 is 5.32 Å². The lowest BCUT2D eigenvalue weighted by molar-refractivity contribution is -0.148. The molecule has 0 spiro atoms. The molecule has 0 aliphatic heterocycles. The fraction of sp³-hybridized carbons (Fsp3) is 0.938. The van der Waals surface area contributed by atoms with Crippen LogP contribution in [0.1, 0.15) is 47.5 Å². The van der Waals surface area contributed by atoms with Gasteiger partial charge in [0.05, 0.1) is 13.7 Å². The Bertz CT molecular complexity index is 297. The van der Waals surface area contributed by atoms with E-state index in [9.17, 15) is 4.79 Å². The van der Waals surface area contributed by atoms with Crippen molar-refractivity contribution in [1.82, 2.24) is 10.2 Å². The van der Waals surface area contributed by atoms with Crippen molar-refractivity contribution >= 4 is 5.97 Å². The van der Waals surface area contributed by atoms with Crippen LogP contribution in [0.2, 0.25) is 0 Å². The van der Waals surface area contributed by atoms with E-state index in [1.807, 2.05) is 20.8 Å². The number of rotatable bonds is 11. The van der Waals surface area contributed by atoms with Gasteiger partial charge in [0.15, 0.2) is 0 Å². The first-order valence-electron chi connectivity index (χ1n) is 7.89. The van der Waals surface area contributed by atoms with Gasteiger partial charge in [0.2, 0.25) is 0 Å². The third-order valence-electron chi connectivity index (χ3n) is 3.94. The minimum atomic E-state index is -0.651. The summed E-state index contributed by atoms with van der Waals surface area (Å²) >= 11 is 0. The van der Waals surface area contributed by atoms with Crippen LogP contribution in [-0.2, 0) is 14.3 Å². The summed E-state index contributed by atoms with van der Waals surface area (Å²) in [5, 5.41) is 3.34. The molecule has 0 aliphatic carbocycles. The van der Waals surface area contributed by atoms with Crippen LogP contribution in [-0.4, -0.2) is 62.4 Å². The highest BCUT2D eigenvalue weighted by Gasteiger charge is 2.35. The topological polar surface area (TPSA) is 50.8 Å². The fourth-order valence-electron chi connectivity index (χ4n) is 2.48. The summed E-state index contributed by atoms with van der Waals surface area (Å²) in [6.45, 7) is 12.8. The van der Waals surface area contributed by atoms with Gasteiger partial charge in [-0.2, -0.15) is 0 Å². The zero-order valence-corrected chi connectivity index (χ0v) is 14.9. The van der Waals surface area contributed by atoms with Gasteiger partial charge in [0.1, 0.15) is 5.54 Å². The zero-order valence-electron chi connectivity index (χ0n) is 14.9. The van der Waals surface area contributed by atoms with E-state index >= 15 is 0 Å². The Morgan fingerprint density at radius 1 is 1.24 bits per heavy atom. The lowest BCUT2D eigenvalue weighted by Crippen LogP contribution is -2.55. The summed E-state index contributed by atoms with van der Waals surface area (Å²) < 4.78 is 10.2. The first kappa shape index (κ1) is 20.3. The number of esters is 1. The maximum Gasteiger partial charge on any atom is 0.325 e. The number of hydrogen-bond donors (Lipinski definition) is 1. The van der Waals surface area contributed by atoms with Crippen LogP contribution in [0.5, 0.6) is 0 Å². The second kappa shape index (κ2) is 10.1. The van der Waals surface area contributed by atoms with Crippen molar-refractivity contribution < 1.29 is 14.3 Å². The smallest absolute Gasteiger partial charge is 0.325 e. The molecule has 0 bridgehead atoms.